The van der Waals surface area contributed by atoms with E-state index in [2.05, 4.69) is 0 Å². The Morgan fingerprint density at radius 2 is 1.68 bits per heavy atom. The van der Waals surface area contributed by atoms with Crippen molar-refractivity contribution in [1.82, 2.24) is 0 Å². The zero-order valence-electron chi connectivity index (χ0n) is 21.1. The molecule has 190 valence electrons. The van der Waals surface area contributed by atoms with Gasteiger partial charge in [0, 0.05) is 31.0 Å². The summed E-state index contributed by atoms with van der Waals surface area (Å²) < 4.78 is 5.26. The van der Waals surface area contributed by atoms with Gasteiger partial charge < -0.3 is 14.7 Å². The average Bonchev–Trinajstić information content (AvgIpc) is 3.18. The van der Waals surface area contributed by atoms with E-state index in [1.807, 2.05) is 61.5 Å². The lowest BCUT2D eigenvalue weighted by Crippen LogP contribution is -2.29. The normalized spacial score (nSPS) is 18.6. The summed E-state index contributed by atoms with van der Waals surface area (Å²) in [6.07, 6.45) is 4.19. The first-order valence-corrected chi connectivity index (χ1v) is 12.7. The highest BCUT2D eigenvalue weighted by molar-refractivity contribution is 6.51. The number of aliphatic hydroxyl groups excluding tert-OH is 1. The molecule has 1 N–H and O–H groups in total. The summed E-state index contributed by atoms with van der Waals surface area (Å²) in [4.78, 5) is 30.3. The Hall–Kier alpha value is -3.77. The SMILES string of the molecule is COc1ccc(N2C(=O)C(=O)/C(=C(\O)c3ccc4c(c3)CCCC4)C2c2ccc(N(C)C)cc2)cc1Cl. The third-order valence-electron chi connectivity index (χ3n) is 7.21. The van der Waals surface area contributed by atoms with Gasteiger partial charge in [-0.1, -0.05) is 35.9 Å². The van der Waals surface area contributed by atoms with Crippen molar-refractivity contribution in [2.75, 3.05) is 31.0 Å². The number of aliphatic hydroxyl groups is 1. The standard InChI is InChI=1S/C30H29ClN2O4/c1-32(2)22-12-10-19(11-13-22)27-26(28(34)21-9-8-18-6-4-5-7-20(18)16-21)29(35)30(36)33(27)23-14-15-25(37-3)24(31)17-23/h8-17,27,34H,4-7H2,1-3H3/b28-26-. The Kier molecular flexibility index (Phi) is 6.69. The van der Waals surface area contributed by atoms with E-state index >= 15 is 0 Å². The molecule has 1 heterocycles. The molecule has 2 aliphatic rings. The summed E-state index contributed by atoms with van der Waals surface area (Å²) in [6, 6.07) is 17.5. The number of halogens is 1. The smallest absolute Gasteiger partial charge is 0.300 e. The number of aryl methyl sites for hydroxylation is 2. The lowest BCUT2D eigenvalue weighted by Gasteiger charge is -2.26. The summed E-state index contributed by atoms with van der Waals surface area (Å²) in [7, 11) is 5.39. The zero-order valence-corrected chi connectivity index (χ0v) is 21.9. The van der Waals surface area contributed by atoms with Crippen LogP contribution in [-0.4, -0.2) is 38.0 Å². The molecule has 1 atom stereocenters. The molecule has 0 radical (unpaired) electrons. The number of anilines is 2. The van der Waals surface area contributed by atoms with Gasteiger partial charge in [0.05, 0.1) is 23.7 Å². The van der Waals surface area contributed by atoms with E-state index in [0.29, 0.717) is 27.6 Å². The van der Waals surface area contributed by atoms with Crippen LogP contribution in [0.5, 0.6) is 5.75 Å². The molecule has 1 aliphatic heterocycles. The van der Waals surface area contributed by atoms with Gasteiger partial charge in [0.1, 0.15) is 11.5 Å². The number of benzene rings is 3. The lowest BCUT2D eigenvalue weighted by atomic mass is 9.88. The molecular formula is C30H29ClN2O4. The molecule has 6 nitrogen and oxygen atoms in total. The second kappa shape index (κ2) is 9.94. The number of rotatable bonds is 5. The van der Waals surface area contributed by atoms with Gasteiger partial charge in [0.2, 0.25) is 0 Å². The molecule has 0 bridgehead atoms. The van der Waals surface area contributed by atoms with Crippen molar-refractivity contribution in [3.63, 3.8) is 0 Å². The van der Waals surface area contributed by atoms with E-state index in [0.717, 1.165) is 31.4 Å². The maximum atomic E-state index is 13.5. The molecule has 7 heteroatoms. The number of carbonyl (C=O) groups is 2. The first kappa shape index (κ1) is 24.9. The number of ether oxygens (including phenoxy) is 1. The summed E-state index contributed by atoms with van der Waals surface area (Å²) >= 11 is 6.39. The van der Waals surface area contributed by atoms with Gasteiger partial charge in [-0.05, 0) is 78.8 Å². The summed E-state index contributed by atoms with van der Waals surface area (Å²) in [6.45, 7) is 0. The maximum absolute atomic E-state index is 13.5. The Balaban J connectivity index is 1.68. The molecule has 1 unspecified atom stereocenters. The van der Waals surface area contributed by atoms with Gasteiger partial charge >= 0.3 is 0 Å². The van der Waals surface area contributed by atoms with Crippen LogP contribution in [0.1, 0.15) is 41.1 Å². The minimum absolute atomic E-state index is 0.0605. The molecule has 3 aromatic carbocycles. The fraction of sp³-hybridized carbons (Fsp3) is 0.267. The number of amides is 1. The third-order valence-corrected chi connectivity index (χ3v) is 7.50. The number of methoxy groups -OCH3 is 1. The lowest BCUT2D eigenvalue weighted by molar-refractivity contribution is -0.132. The predicted molar refractivity (Wildman–Crippen MR) is 147 cm³/mol. The minimum atomic E-state index is -0.822. The number of hydrogen-bond donors (Lipinski definition) is 1. The molecule has 3 aromatic rings. The zero-order chi connectivity index (χ0) is 26.3. The molecule has 0 saturated carbocycles. The van der Waals surface area contributed by atoms with Crippen LogP contribution in [-0.2, 0) is 22.4 Å². The Bertz CT molecular complexity index is 1410. The van der Waals surface area contributed by atoms with Crippen molar-refractivity contribution < 1.29 is 19.4 Å². The largest absolute Gasteiger partial charge is 0.507 e. The van der Waals surface area contributed by atoms with Crippen molar-refractivity contribution in [3.8, 4) is 5.75 Å². The second-order valence-electron chi connectivity index (χ2n) is 9.66. The van der Waals surface area contributed by atoms with Crippen LogP contribution >= 0.6 is 11.6 Å². The van der Waals surface area contributed by atoms with Crippen LogP contribution in [0.25, 0.3) is 5.76 Å². The van der Waals surface area contributed by atoms with Crippen molar-refractivity contribution in [3.05, 3.63) is 93.5 Å². The molecule has 1 saturated heterocycles. The second-order valence-corrected chi connectivity index (χ2v) is 10.1. The fourth-order valence-electron chi connectivity index (χ4n) is 5.21. The topological polar surface area (TPSA) is 70.1 Å². The average molecular weight is 517 g/mol. The van der Waals surface area contributed by atoms with Crippen LogP contribution in [0.15, 0.2) is 66.2 Å². The van der Waals surface area contributed by atoms with E-state index in [1.165, 1.54) is 23.1 Å². The van der Waals surface area contributed by atoms with Crippen molar-refractivity contribution >= 4 is 40.4 Å². The Morgan fingerprint density at radius 1 is 0.973 bits per heavy atom. The van der Waals surface area contributed by atoms with Gasteiger partial charge in [0.25, 0.3) is 11.7 Å². The van der Waals surface area contributed by atoms with Crippen LogP contribution in [0.4, 0.5) is 11.4 Å². The quantitative estimate of drug-likeness (QED) is 0.259. The number of fused-ring (bicyclic) bond motifs is 1. The molecule has 37 heavy (non-hydrogen) atoms. The van der Waals surface area contributed by atoms with Crippen LogP contribution in [0, 0.1) is 0 Å². The molecule has 1 fully saturated rings. The first-order chi connectivity index (χ1) is 17.8. The van der Waals surface area contributed by atoms with Gasteiger partial charge in [-0.25, -0.2) is 0 Å². The summed E-state index contributed by atoms with van der Waals surface area (Å²) in [5.74, 6) is -1.16. The van der Waals surface area contributed by atoms with E-state index < -0.39 is 17.7 Å². The molecular weight excluding hydrogens is 488 g/mol. The van der Waals surface area contributed by atoms with Crippen molar-refractivity contribution in [1.29, 1.82) is 0 Å². The highest BCUT2D eigenvalue weighted by Gasteiger charge is 2.47. The highest BCUT2D eigenvalue weighted by Crippen LogP contribution is 2.44. The van der Waals surface area contributed by atoms with Crippen LogP contribution in [0.3, 0.4) is 0 Å². The number of hydrogen-bond acceptors (Lipinski definition) is 5. The van der Waals surface area contributed by atoms with Crippen LogP contribution < -0.4 is 14.5 Å². The number of nitrogens with zero attached hydrogens (tertiary/aromatic N) is 2. The number of carbonyl (C=O) groups excluding carboxylic acids is 2. The number of Topliss-reactive ketones (excluding diaryl/α,β-unsaturated/α-hetero) is 1. The summed E-state index contributed by atoms with van der Waals surface area (Å²) in [5.41, 5.74) is 5.18. The Labute approximate surface area is 221 Å². The summed E-state index contributed by atoms with van der Waals surface area (Å²) in [5, 5.41) is 11.8. The molecule has 1 aliphatic carbocycles. The minimum Gasteiger partial charge on any atom is -0.507 e. The molecule has 0 aromatic heterocycles. The van der Waals surface area contributed by atoms with E-state index in [1.54, 1.807) is 18.2 Å². The Morgan fingerprint density at radius 3 is 2.32 bits per heavy atom. The van der Waals surface area contributed by atoms with Gasteiger partial charge in [0.15, 0.2) is 0 Å². The number of ketones is 1. The van der Waals surface area contributed by atoms with E-state index in [-0.39, 0.29) is 11.3 Å². The monoisotopic (exact) mass is 516 g/mol. The predicted octanol–water partition coefficient (Wildman–Crippen LogP) is 5.92. The molecule has 1 amide bonds. The van der Waals surface area contributed by atoms with E-state index in [4.69, 9.17) is 16.3 Å². The van der Waals surface area contributed by atoms with E-state index in [9.17, 15) is 14.7 Å². The van der Waals surface area contributed by atoms with Crippen molar-refractivity contribution in [2.45, 2.75) is 31.7 Å². The highest BCUT2D eigenvalue weighted by atomic mass is 35.5. The first-order valence-electron chi connectivity index (χ1n) is 12.3. The fourth-order valence-corrected chi connectivity index (χ4v) is 5.46. The molecule has 0 spiro atoms. The maximum Gasteiger partial charge on any atom is 0.300 e. The van der Waals surface area contributed by atoms with Crippen LogP contribution in [0.2, 0.25) is 5.02 Å². The van der Waals surface area contributed by atoms with Crippen molar-refractivity contribution in [2.24, 2.45) is 0 Å². The van der Waals surface area contributed by atoms with Gasteiger partial charge in [-0.2, -0.15) is 0 Å². The third kappa shape index (κ3) is 4.46. The van der Waals surface area contributed by atoms with Gasteiger partial charge in [-0.15, -0.1) is 0 Å². The molecule has 5 rings (SSSR count). The van der Waals surface area contributed by atoms with Gasteiger partial charge in [-0.3, -0.25) is 14.5 Å².